The van der Waals surface area contributed by atoms with Crippen molar-refractivity contribution in [3.63, 3.8) is 0 Å². The third-order valence-corrected chi connectivity index (χ3v) is 5.20. The van der Waals surface area contributed by atoms with E-state index in [4.69, 9.17) is 0 Å². The van der Waals surface area contributed by atoms with E-state index in [0.29, 0.717) is 0 Å². The molecule has 2 aromatic carbocycles. The van der Waals surface area contributed by atoms with E-state index in [0.717, 1.165) is 31.9 Å². The number of benzene rings is 2. The lowest BCUT2D eigenvalue weighted by Crippen LogP contribution is -2.60. The molecule has 2 heterocycles. The normalized spacial score (nSPS) is 23.3. The lowest BCUT2D eigenvalue weighted by atomic mass is 9.88. The second-order valence-corrected chi connectivity index (χ2v) is 6.87. The molecule has 0 unspecified atom stereocenters. The number of nitrogens with zero attached hydrogens (tertiary/aromatic N) is 1. The lowest BCUT2D eigenvalue weighted by molar-refractivity contribution is -0.125. The Balaban J connectivity index is 1.33. The van der Waals surface area contributed by atoms with Crippen molar-refractivity contribution < 1.29 is 9.18 Å². The van der Waals surface area contributed by atoms with Crippen LogP contribution in [0.2, 0.25) is 0 Å². The Kier molecular flexibility index (Phi) is 4.40. The number of hydrogen-bond donors (Lipinski definition) is 2. The minimum atomic E-state index is -0.227. The third kappa shape index (κ3) is 3.37. The summed E-state index contributed by atoms with van der Waals surface area (Å²) in [6.45, 7) is 3.11. The van der Waals surface area contributed by atoms with Crippen molar-refractivity contribution in [2.45, 2.75) is 12.0 Å². The van der Waals surface area contributed by atoms with Gasteiger partial charge >= 0.3 is 0 Å². The number of nitrogens with one attached hydrogen (secondary N) is 2. The summed E-state index contributed by atoms with van der Waals surface area (Å²) in [5, 5.41) is 6.52. The molecule has 0 radical (unpaired) electrons. The van der Waals surface area contributed by atoms with E-state index < -0.39 is 0 Å². The van der Waals surface area contributed by atoms with Crippen LogP contribution in [0.1, 0.15) is 11.5 Å². The van der Waals surface area contributed by atoms with Gasteiger partial charge in [0.05, 0.1) is 12.0 Å². The van der Waals surface area contributed by atoms with Crippen LogP contribution in [-0.2, 0) is 4.79 Å². The predicted molar refractivity (Wildman–Crippen MR) is 96.1 cm³/mol. The molecular weight excluding hydrogens is 317 g/mol. The van der Waals surface area contributed by atoms with Gasteiger partial charge in [-0.05, 0) is 29.8 Å². The van der Waals surface area contributed by atoms with Crippen molar-refractivity contribution in [1.29, 1.82) is 0 Å². The highest BCUT2D eigenvalue weighted by atomic mass is 19.1. The Bertz CT molecular complexity index is 728. The predicted octanol–water partition coefficient (Wildman–Crippen LogP) is 2.13. The molecule has 0 spiro atoms. The lowest BCUT2D eigenvalue weighted by Gasteiger charge is -2.41. The zero-order valence-electron chi connectivity index (χ0n) is 14.0. The smallest absolute Gasteiger partial charge is 0.225 e. The van der Waals surface area contributed by atoms with E-state index in [-0.39, 0.29) is 29.6 Å². The Hall–Kier alpha value is -2.40. The van der Waals surface area contributed by atoms with Crippen molar-refractivity contribution in [2.75, 3.05) is 31.1 Å². The number of halogens is 1. The van der Waals surface area contributed by atoms with Crippen LogP contribution < -0.4 is 15.5 Å². The molecule has 0 bridgehead atoms. The zero-order chi connectivity index (χ0) is 17.2. The van der Waals surface area contributed by atoms with Gasteiger partial charge in [0.1, 0.15) is 5.82 Å². The summed E-state index contributed by atoms with van der Waals surface area (Å²) in [6, 6.07) is 16.9. The summed E-state index contributed by atoms with van der Waals surface area (Å²) in [5.41, 5.74) is 2.21. The summed E-state index contributed by atoms with van der Waals surface area (Å²) < 4.78 is 13.0. The monoisotopic (exact) mass is 339 g/mol. The molecule has 2 atom stereocenters. The van der Waals surface area contributed by atoms with E-state index in [1.165, 1.54) is 17.7 Å². The number of carbonyl (C=O) groups excluding carboxylic acids is 1. The average Bonchev–Trinajstić information content (AvgIpc) is 3.09. The molecular formula is C20H22FN3O. The van der Waals surface area contributed by atoms with Gasteiger partial charge in [-0.3, -0.25) is 4.79 Å². The first kappa shape index (κ1) is 16.1. The van der Waals surface area contributed by atoms with Crippen LogP contribution in [0.3, 0.4) is 0 Å². The first-order valence-electron chi connectivity index (χ1n) is 8.77. The van der Waals surface area contributed by atoms with Gasteiger partial charge in [-0.1, -0.05) is 30.3 Å². The second kappa shape index (κ2) is 6.84. The van der Waals surface area contributed by atoms with Crippen LogP contribution in [0.4, 0.5) is 10.1 Å². The highest BCUT2D eigenvalue weighted by Crippen LogP contribution is 2.29. The fourth-order valence-corrected chi connectivity index (χ4v) is 3.75. The Morgan fingerprint density at radius 1 is 1.04 bits per heavy atom. The molecule has 4 rings (SSSR count). The summed E-state index contributed by atoms with van der Waals surface area (Å²) in [4.78, 5) is 14.8. The Labute approximate surface area is 147 Å². The summed E-state index contributed by atoms with van der Waals surface area (Å²) in [7, 11) is 0. The minimum absolute atomic E-state index is 0.0257. The molecule has 2 aromatic rings. The molecule has 0 aliphatic carbocycles. The maximum Gasteiger partial charge on any atom is 0.225 e. The van der Waals surface area contributed by atoms with E-state index in [2.05, 4.69) is 27.7 Å². The number of anilines is 1. The van der Waals surface area contributed by atoms with Gasteiger partial charge in [0.25, 0.3) is 0 Å². The van der Waals surface area contributed by atoms with Crippen molar-refractivity contribution >= 4 is 11.6 Å². The molecule has 1 amide bonds. The number of carbonyl (C=O) groups is 1. The molecule has 2 N–H and O–H groups in total. The second-order valence-electron chi connectivity index (χ2n) is 6.87. The van der Waals surface area contributed by atoms with E-state index in [9.17, 15) is 9.18 Å². The number of hydrogen-bond acceptors (Lipinski definition) is 3. The fourth-order valence-electron chi connectivity index (χ4n) is 3.75. The van der Waals surface area contributed by atoms with Gasteiger partial charge in [0, 0.05) is 37.8 Å². The van der Waals surface area contributed by atoms with Crippen molar-refractivity contribution in [3.8, 4) is 0 Å². The van der Waals surface area contributed by atoms with Crippen LogP contribution in [0.5, 0.6) is 0 Å². The van der Waals surface area contributed by atoms with Gasteiger partial charge < -0.3 is 15.5 Å². The van der Waals surface area contributed by atoms with E-state index in [1.807, 2.05) is 18.2 Å². The highest BCUT2D eigenvalue weighted by Gasteiger charge is 2.36. The van der Waals surface area contributed by atoms with Crippen LogP contribution in [0, 0.1) is 11.7 Å². The molecule has 5 heteroatoms. The molecule has 2 saturated heterocycles. The van der Waals surface area contributed by atoms with Gasteiger partial charge in [0.15, 0.2) is 0 Å². The first-order valence-corrected chi connectivity index (χ1v) is 8.77. The van der Waals surface area contributed by atoms with Crippen molar-refractivity contribution in [2.24, 2.45) is 5.92 Å². The molecule has 25 heavy (non-hydrogen) atoms. The van der Waals surface area contributed by atoms with Gasteiger partial charge in [-0.15, -0.1) is 0 Å². The van der Waals surface area contributed by atoms with Crippen LogP contribution in [0.25, 0.3) is 0 Å². The first-order chi connectivity index (χ1) is 12.2. The van der Waals surface area contributed by atoms with Crippen molar-refractivity contribution in [3.05, 3.63) is 66.0 Å². The largest absolute Gasteiger partial charge is 0.367 e. The van der Waals surface area contributed by atoms with Crippen LogP contribution >= 0.6 is 0 Å². The molecule has 4 nitrogen and oxygen atoms in total. The molecule has 0 saturated carbocycles. The standard InChI is InChI=1S/C20H22FN3O/c21-15-6-8-17(9-7-15)24-12-16(13-24)23-20(25)19-11-22-10-18(19)14-4-2-1-3-5-14/h1-9,16,18-19,22H,10-13H2,(H,23,25)/t18-,19+/m0/s1. The minimum Gasteiger partial charge on any atom is -0.367 e. The maximum absolute atomic E-state index is 13.0. The quantitative estimate of drug-likeness (QED) is 0.897. The zero-order valence-corrected chi connectivity index (χ0v) is 14.0. The topological polar surface area (TPSA) is 44.4 Å². The van der Waals surface area contributed by atoms with Crippen molar-refractivity contribution in [1.82, 2.24) is 10.6 Å². The summed E-state index contributed by atoms with van der Waals surface area (Å²) in [5.74, 6) is 0.106. The van der Waals surface area contributed by atoms with Gasteiger partial charge in [0.2, 0.25) is 5.91 Å². The summed E-state index contributed by atoms with van der Waals surface area (Å²) >= 11 is 0. The van der Waals surface area contributed by atoms with Crippen LogP contribution in [0.15, 0.2) is 54.6 Å². The van der Waals surface area contributed by atoms with E-state index >= 15 is 0 Å². The average molecular weight is 339 g/mol. The molecule has 2 aliphatic heterocycles. The summed E-state index contributed by atoms with van der Waals surface area (Å²) in [6.07, 6.45) is 0. The highest BCUT2D eigenvalue weighted by molar-refractivity contribution is 5.81. The van der Waals surface area contributed by atoms with Gasteiger partial charge in [-0.25, -0.2) is 4.39 Å². The van der Waals surface area contributed by atoms with E-state index in [1.54, 1.807) is 12.1 Å². The number of rotatable bonds is 4. The Morgan fingerprint density at radius 2 is 1.76 bits per heavy atom. The number of amides is 1. The van der Waals surface area contributed by atoms with Gasteiger partial charge in [-0.2, -0.15) is 0 Å². The molecule has 2 fully saturated rings. The molecule has 0 aromatic heterocycles. The molecule has 130 valence electrons. The SMILES string of the molecule is O=C(NC1CN(c2ccc(F)cc2)C1)[C@@H]1CNC[C@H]1c1ccccc1. The third-order valence-electron chi connectivity index (χ3n) is 5.20. The Morgan fingerprint density at radius 3 is 2.48 bits per heavy atom. The fraction of sp³-hybridized carbons (Fsp3) is 0.350. The van der Waals surface area contributed by atoms with Crippen LogP contribution in [-0.4, -0.2) is 38.1 Å². The maximum atomic E-state index is 13.0. The molecule has 2 aliphatic rings.